The van der Waals surface area contributed by atoms with Crippen molar-refractivity contribution in [3.63, 3.8) is 0 Å². The highest BCUT2D eigenvalue weighted by molar-refractivity contribution is 5.97. The summed E-state index contributed by atoms with van der Waals surface area (Å²) < 4.78 is 11.9. The number of carbonyl (C=O) groups excluding carboxylic acids is 1. The molecule has 0 aromatic heterocycles. The summed E-state index contributed by atoms with van der Waals surface area (Å²) in [6.45, 7) is 1.38. The second kappa shape index (κ2) is 6.55. The van der Waals surface area contributed by atoms with Gasteiger partial charge >= 0.3 is 0 Å². The number of hydrogen-bond acceptors (Lipinski definition) is 2. The maximum absolute atomic E-state index is 12.0. The number of nitrogens with one attached hydrogen (secondary N) is 1. The molecule has 0 spiro atoms. The lowest BCUT2D eigenvalue weighted by Gasteiger charge is -2.25. The van der Waals surface area contributed by atoms with E-state index in [1.165, 1.54) is 0 Å². The minimum atomic E-state index is -0.236. The van der Waals surface area contributed by atoms with Crippen molar-refractivity contribution in [3.05, 3.63) is 29.3 Å². The van der Waals surface area contributed by atoms with Crippen LogP contribution in [0.1, 0.15) is 35.2 Å². The number of hydrogen-bond donors (Lipinski definition) is 1. The van der Waals surface area contributed by atoms with E-state index in [0.29, 0.717) is 6.42 Å². The molecular formula is C15H21FN2O. The highest BCUT2D eigenvalue weighted by Gasteiger charge is 2.21. The van der Waals surface area contributed by atoms with Crippen molar-refractivity contribution in [3.8, 4) is 0 Å². The minimum Gasteiger partial charge on any atom is -0.385 e. The largest absolute Gasteiger partial charge is 0.385 e. The lowest BCUT2D eigenvalue weighted by atomic mass is 9.98. The first kappa shape index (κ1) is 13.8. The number of rotatable bonds is 6. The van der Waals surface area contributed by atoms with Crippen molar-refractivity contribution >= 4 is 11.6 Å². The van der Waals surface area contributed by atoms with Gasteiger partial charge in [-0.25, -0.2) is 0 Å². The van der Waals surface area contributed by atoms with Crippen LogP contribution in [-0.4, -0.2) is 37.6 Å². The van der Waals surface area contributed by atoms with Gasteiger partial charge in [0.2, 0.25) is 0 Å². The van der Waals surface area contributed by atoms with Crippen LogP contribution in [0.25, 0.3) is 0 Å². The number of nitrogens with zero attached hydrogens (tertiary/aromatic N) is 1. The number of fused-ring (bicyclic) bond motifs is 1. The number of likely N-dealkylation sites (N-methyl/N-ethyl adjacent to an activating group) is 1. The molecule has 0 bridgehead atoms. The van der Waals surface area contributed by atoms with Crippen molar-refractivity contribution in [1.29, 1.82) is 0 Å². The van der Waals surface area contributed by atoms with Crippen LogP contribution >= 0.6 is 0 Å². The zero-order valence-corrected chi connectivity index (χ0v) is 11.4. The van der Waals surface area contributed by atoms with E-state index in [-0.39, 0.29) is 12.6 Å². The highest BCUT2D eigenvalue weighted by Crippen LogP contribution is 2.22. The maximum Gasteiger partial charge on any atom is 0.253 e. The molecule has 1 N–H and O–H groups in total. The fourth-order valence-corrected chi connectivity index (χ4v) is 2.33. The van der Waals surface area contributed by atoms with Gasteiger partial charge in [-0.15, -0.1) is 0 Å². The number of alkyl halides is 1. The molecule has 1 heterocycles. The van der Waals surface area contributed by atoms with Crippen LogP contribution in [0.15, 0.2) is 18.2 Å². The first-order valence-corrected chi connectivity index (χ1v) is 6.90. The Morgan fingerprint density at radius 3 is 2.95 bits per heavy atom. The van der Waals surface area contributed by atoms with Crippen LogP contribution in [0.5, 0.6) is 0 Å². The third kappa shape index (κ3) is 3.46. The monoisotopic (exact) mass is 264 g/mol. The summed E-state index contributed by atoms with van der Waals surface area (Å²) >= 11 is 0. The van der Waals surface area contributed by atoms with Gasteiger partial charge in [-0.2, -0.15) is 0 Å². The van der Waals surface area contributed by atoms with Gasteiger partial charge in [0, 0.05) is 31.4 Å². The Hall–Kier alpha value is -1.58. The number of benzene rings is 1. The number of anilines is 1. The fourth-order valence-electron chi connectivity index (χ4n) is 2.33. The van der Waals surface area contributed by atoms with E-state index >= 15 is 0 Å². The molecule has 0 saturated carbocycles. The number of unbranched alkanes of at least 4 members (excludes halogenated alkanes) is 2. The van der Waals surface area contributed by atoms with E-state index in [0.717, 1.165) is 49.2 Å². The Morgan fingerprint density at radius 1 is 1.32 bits per heavy atom. The Kier molecular flexibility index (Phi) is 4.77. The van der Waals surface area contributed by atoms with Crippen LogP contribution in [-0.2, 0) is 6.42 Å². The zero-order chi connectivity index (χ0) is 13.7. The first-order valence-electron chi connectivity index (χ1n) is 6.90. The van der Waals surface area contributed by atoms with Gasteiger partial charge in [0.25, 0.3) is 5.91 Å². The Labute approximate surface area is 113 Å². The molecule has 0 aliphatic carbocycles. The lowest BCUT2D eigenvalue weighted by Crippen LogP contribution is -2.34. The van der Waals surface area contributed by atoms with Crippen molar-refractivity contribution < 1.29 is 9.18 Å². The van der Waals surface area contributed by atoms with Crippen LogP contribution in [0, 0.1) is 0 Å². The third-order valence-corrected chi connectivity index (χ3v) is 3.54. The van der Waals surface area contributed by atoms with Gasteiger partial charge in [-0.3, -0.25) is 9.18 Å². The fraction of sp³-hybridized carbons (Fsp3) is 0.533. The van der Waals surface area contributed by atoms with Gasteiger partial charge in [0.15, 0.2) is 0 Å². The summed E-state index contributed by atoms with van der Waals surface area (Å²) in [5.74, 6) is 0.0994. The zero-order valence-electron chi connectivity index (χ0n) is 11.4. The van der Waals surface area contributed by atoms with E-state index in [2.05, 4.69) is 5.32 Å². The molecule has 1 aliphatic rings. The first-order chi connectivity index (χ1) is 9.22. The summed E-state index contributed by atoms with van der Waals surface area (Å²) in [6, 6.07) is 5.99. The van der Waals surface area contributed by atoms with E-state index in [9.17, 15) is 9.18 Å². The molecule has 1 amide bonds. The van der Waals surface area contributed by atoms with Gasteiger partial charge in [0.05, 0.1) is 6.67 Å². The van der Waals surface area contributed by atoms with Gasteiger partial charge in [-0.1, -0.05) is 6.07 Å². The molecule has 0 fully saturated rings. The summed E-state index contributed by atoms with van der Waals surface area (Å²) in [7, 11) is 1.84. The highest BCUT2D eigenvalue weighted by atomic mass is 19.1. The standard InChI is InChI=1S/C15H21FN2O/c1-18-10-7-12-5-6-13(11-14(12)15(18)19)17-9-4-2-3-8-16/h5-6,11,17H,2-4,7-10H2,1H3. The Balaban J connectivity index is 1.94. The van der Waals surface area contributed by atoms with Gasteiger partial charge in [-0.05, 0) is 43.4 Å². The predicted octanol–water partition coefficient (Wildman–Crippen LogP) is 2.87. The summed E-state index contributed by atoms with van der Waals surface area (Å²) in [5, 5.41) is 3.30. The molecule has 0 unspecified atom stereocenters. The average Bonchev–Trinajstić information content (AvgIpc) is 2.43. The quantitative estimate of drug-likeness (QED) is 0.801. The third-order valence-electron chi connectivity index (χ3n) is 3.54. The molecule has 0 atom stereocenters. The molecular weight excluding hydrogens is 243 g/mol. The molecule has 1 aromatic carbocycles. The van der Waals surface area contributed by atoms with E-state index < -0.39 is 0 Å². The molecule has 104 valence electrons. The van der Waals surface area contributed by atoms with Gasteiger partial charge < -0.3 is 10.2 Å². The van der Waals surface area contributed by atoms with Crippen LogP contribution < -0.4 is 5.32 Å². The maximum atomic E-state index is 12.0. The van der Waals surface area contributed by atoms with E-state index in [4.69, 9.17) is 0 Å². The average molecular weight is 264 g/mol. The Bertz CT molecular complexity index is 448. The SMILES string of the molecule is CN1CCc2ccc(NCCCCCF)cc2C1=O. The normalized spacial score (nSPS) is 14.4. The lowest BCUT2D eigenvalue weighted by molar-refractivity contribution is 0.0781. The second-order valence-electron chi connectivity index (χ2n) is 5.03. The smallest absolute Gasteiger partial charge is 0.253 e. The van der Waals surface area contributed by atoms with Crippen molar-refractivity contribution in [1.82, 2.24) is 4.90 Å². The van der Waals surface area contributed by atoms with Gasteiger partial charge in [0.1, 0.15) is 0 Å². The van der Waals surface area contributed by atoms with Crippen LogP contribution in [0.2, 0.25) is 0 Å². The minimum absolute atomic E-state index is 0.0994. The molecule has 0 saturated heterocycles. The van der Waals surface area contributed by atoms with Crippen molar-refractivity contribution in [2.75, 3.05) is 32.1 Å². The summed E-state index contributed by atoms with van der Waals surface area (Å²) in [5.41, 5.74) is 2.91. The molecule has 4 heteroatoms. The summed E-state index contributed by atoms with van der Waals surface area (Å²) in [4.78, 5) is 13.8. The second-order valence-corrected chi connectivity index (χ2v) is 5.03. The summed E-state index contributed by atoms with van der Waals surface area (Å²) in [6.07, 6.45) is 3.41. The number of carbonyl (C=O) groups is 1. The molecule has 19 heavy (non-hydrogen) atoms. The molecule has 2 rings (SSSR count). The molecule has 3 nitrogen and oxygen atoms in total. The van der Waals surface area contributed by atoms with E-state index in [1.807, 2.05) is 25.2 Å². The molecule has 1 aliphatic heterocycles. The van der Waals surface area contributed by atoms with E-state index in [1.54, 1.807) is 4.90 Å². The van der Waals surface area contributed by atoms with Crippen molar-refractivity contribution in [2.45, 2.75) is 25.7 Å². The van der Waals surface area contributed by atoms with Crippen LogP contribution in [0.3, 0.4) is 0 Å². The predicted molar refractivity (Wildman–Crippen MR) is 75.4 cm³/mol. The topological polar surface area (TPSA) is 32.3 Å². The number of amides is 1. The van der Waals surface area contributed by atoms with Crippen LogP contribution in [0.4, 0.5) is 10.1 Å². The molecule has 1 aromatic rings. The number of halogens is 1. The molecule has 0 radical (unpaired) electrons. The Morgan fingerprint density at radius 2 is 2.16 bits per heavy atom. The van der Waals surface area contributed by atoms with Crippen molar-refractivity contribution in [2.24, 2.45) is 0 Å².